The molecule has 3 atom stereocenters. The Bertz CT molecular complexity index is 379. The Hall–Kier alpha value is -0.900. The van der Waals surface area contributed by atoms with Crippen LogP contribution < -0.4 is 11.1 Å². The molecule has 1 saturated carbocycles. The number of hydrogen-bond acceptors (Lipinski definition) is 3. The minimum atomic E-state index is 0.406. The maximum absolute atomic E-state index is 5.90. The molecule has 3 nitrogen and oxygen atoms in total. The lowest BCUT2D eigenvalue weighted by atomic mass is 10.1. The normalized spacial score (nSPS) is 31.7. The largest absolute Gasteiger partial charge is 0.326 e. The minimum Gasteiger partial charge on any atom is -0.326 e. The van der Waals surface area contributed by atoms with Crippen LogP contribution in [0.5, 0.6) is 0 Å². The van der Waals surface area contributed by atoms with Crippen LogP contribution in [0.2, 0.25) is 0 Å². The van der Waals surface area contributed by atoms with E-state index in [1.54, 1.807) is 0 Å². The van der Waals surface area contributed by atoms with Crippen molar-refractivity contribution in [2.75, 3.05) is 26.2 Å². The first-order valence-corrected chi connectivity index (χ1v) is 7.09. The molecule has 0 amide bonds. The Balaban J connectivity index is 1.36. The molecular weight excluding hydrogens is 222 g/mol. The summed E-state index contributed by atoms with van der Waals surface area (Å²) in [5.41, 5.74) is 7.39. The van der Waals surface area contributed by atoms with Gasteiger partial charge in [0.1, 0.15) is 0 Å². The Labute approximate surface area is 109 Å². The van der Waals surface area contributed by atoms with Crippen LogP contribution in [0.4, 0.5) is 0 Å². The molecule has 3 heteroatoms. The second kappa shape index (κ2) is 5.39. The minimum absolute atomic E-state index is 0.406. The first-order chi connectivity index (χ1) is 8.83. The zero-order valence-corrected chi connectivity index (χ0v) is 10.9. The molecule has 2 unspecified atom stereocenters. The molecule has 0 bridgehead atoms. The van der Waals surface area contributed by atoms with E-state index < -0.39 is 0 Å². The molecule has 2 fully saturated rings. The topological polar surface area (TPSA) is 41.3 Å². The van der Waals surface area contributed by atoms with Gasteiger partial charge in [0.25, 0.3) is 0 Å². The zero-order chi connectivity index (χ0) is 12.4. The molecule has 1 heterocycles. The van der Waals surface area contributed by atoms with Crippen molar-refractivity contribution in [1.82, 2.24) is 10.2 Å². The number of benzene rings is 1. The Morgan fingerprint density at radius 2 is 2.11 bits per heavy atom. The van der Waals surface area contributed by atoms with E-state index >= 15 is 0 Å². The van der Waals surface area contributed by atoms with Gasteiger partial charge in [0.05, 0.1) is 0 Å². The van der Waals surface area contributed by atoms with Crippen LogP contribution in [0.1, 0.15) is 24.3 Å². The highest BCUT2D eigenvalue weighted by Crippen LogP contribution is 2.40. The third kappa shape index (κ3) is 2.91. The summed E-state index contributed by atoms with van der Waals surface area (Å²) < 4.78 is 0. The predicted molar refractivity (Wildman–Crippen MR) is 74.6 cm³/mol. The van der Waals surface area contributed by atoms with Crippen LogP contribution in [0, 0.1) is 0 Å². The van der Waals surface area contributed by atoms with Crippen molar-refractivity contribution in [1.29, 1.82) is 0 Å². The number of nitrogens with zero attached hydrogens (tertiary/aromatic N) is 1. The lowest BCUT2D eigenvalue weighted by Gasteiger charge is -2.15. The monoisotopic (exact) mass is 245 g/mol. The van der Waals surface area contributed by atoms with E-state index in [0.29, 0.717) is 12.1 Å². The SMILES string of the molecule is N[C@@H]1CCN(CCNC2CC2c2ccccc2)C1. The molecule has 1 aromatic carbocycles. The summed E-state index contributed by atoms with van der Waals surface area (Å²) in [6, 6.07) is 11.9. The highest BCUT2D eigenvalue weighted by atomic mass is 15.2. The predicted octanol–water partition coefficient (Wildman–Crippen LogP) is 1.17. The summed E-state index contributed by atoms with van der Waals surface area (Å²) in [4.78, 5) is 2.47. The maximum atomic E-state index is 5.90. The van der Waals surface area contributed by atoms with Gasteiger partial charge in [-0.05, 0) is 24.9 Å². The van der Waals surface area contributed by atoms with Crippen molar-refractivity contribution < 1.29 is 0 Å². The van der Waals surface area contributed by atoms with Gasteiger partial charge in [-0.1, -0.05) is 30.3 Å². The number of rotatable bonds is 5. The Kier molecular flexibility index (Phi) is 3.64. The fraction of sp³-hybridized carbons (Fsp3) is 0.600. The van der Waals surface area contributed by atoms with E-state index in [4.69, 9.17) is 5.73 Å². The molecule has 2 aliphatic rings. The average molecular weight is 245 g/mol. The summed E-state index contributed by atoms with van der Waals surface area (Å²) in [6.45, 7) is 4.50. The fourth-order valence-electron chi connectivity index (χ4n) is 2.96. The maximum Gasteiger partial charge on any atom is 0.0180 e. The molecule has 3 rings (SSSR count). The van der Waals surface area contributed by atoms with Crippen LogP contribution in [-0.2, 0) is 0 Å². The van der Waals surface area contributed by atoms with Gasteiger partial charge in [0, 0.05) is 37.6 Å². The molecule has 0 radical (unpaired) electrons. The third-order valence-corrected chi connectivity index (χ3v) is 4.16. The van der Waals surface area contributed by atoms with Gasteiger partial charge < -0.3 is 16.0 Å². The van der Waals surface area contributed by atoms with E-state index in [1.807, 2.05) is 0 Å². The molecule has 1 aromatic rings. The summed E-state index contributed by atoms with van der Waals surface area (Å²) >= 11 is 0. The molecular formula is C15H23N3. The lowest BCUT2D eigenvalue weighted by molar-refractivity contribution is 0.331. The molecule has 1 saturated heterocycles. The molecule has 3 N–H and O–H groups in total. The molecule has 1 aliphatic carbocycles. The fourth-order valence-corrected chi connectivity index (χ4v) is 2.96. The third-order valence-electron chi connectivity index (χ3n) is 4.16. The van der Waals surface area contributed by atoms with E-state index in [9.17, 15) is 0 Å². The van der Waals surface area contributed by atoms with Gasteiger partial charge in [-0.2, -0.15) is 0 Å². The van der Waals surface area contributed by atoms with Gasteiger partial charge in [0.15, 0.2) is 0 Å². The van der Waals surface area contributed by atoms with Crippen LogP contribution in [0.3, 0.4) is 0 Å². The molecule has 0 aromatic heterocycles. The highest BCUT2D eigenvalue weighted by molar-refractivity contribution is 5.27. The summed E-state index contributed by atoms with van der Waals surface area (Å²) in [5.74, 6) is 0.743. The van der Waals surface area contributed by atoms with Gasteiger partial charge in [-0.3, -0.25) is 0 Å². The first-order valence-electron chi connectivity index (χ1n) is 7.09. The van der Waals surface area contributed by atoms with Crippen molar-refractivity contribution in [2.45, 2.75) is 30.8 Å². The van der Waals surface area contributed by atoms with Crippen molar-refractivity contribution in [3.8, 4) is 0 Å². The molecule has 98 valence electrons. The van der Waals surface area contributed by atoms with E-state index in [2.05, 4.69) is 40.5 Å². The number of hydrogen-bond donors (Lipinski definition) is 2. The van der Waals surface area contributed by atoms with Crippen molar-refractivity contribution in [2.24, 2.45) is 5.73 Å². The van der Waals surface area contributed by atoms with Gasteiger partial charge in [0.2, 0.25) is 0 Å². The summed E-state index contributed by atoms with van der Waals surface area (Å²) in [6.07, 6.45) is 2.46. The van der Waals surface area contributed by atoms with Crippen LogP contribution in [-0.4, -0.2) is 43.2 Å². The summed E-state index contributed by atoms with van der Waals surface area (Å²) in [5, 5.41) is 3.66. The Morgan fingerprint density at radius 3 is 2.83 bits per heavy atom. The van der Waals surface area contributed by atoms with E-state index in [-0.39, 0.29) is 0 Å². The van der Waals surface area contributed by atoms with E-state index in [0.717, 1.165) is 32.0 Å². The molecule has 18 heavy (non-hydrogen) atoms. The Morgan fingerprint density at radius 1 is 1.28 bits per heavy atom. The standard InChI is InChI=1S/C15H23N3/c16-13-6-8-18(11-13)9-7-17-15-10-14(15)12-4-2-1-3-5-12/h1-5,13-15,17H,6-11,16H2/t13-,14?,15?/m1/s1. The lowest BCUT2D eigenvalue weighted by Crippen LogP contribution is -2.33. The van der Waals surface area contributed by atoms with Crippen molar-refractivity contribution >= 4 is 0 Å². The average Bonchev–Trinajstić information content (AvgIpc) is 3.05. The number of likely N-dealkylation sites (tertiary alicyclic amines) is 1. The number of nitrogens with one attached hydrogen (secondary N) is 1. The highest BCUT2D eigenvalue weighted by Gasteiger charge is 2.37. The van der Waals surface area contributed by atoms with Gasteiger partial charge in [-0.15, -0.1) is 0 Å². The van der Waals surface area contributed by atoms with Gasteiger partial charge >= 0.3 is 0 Å². The van der Waals surface area contributed by atoms with Crippen molar-refractivity contribution in [3.05, 3.63) is 35.9 Å². The quantitative estimate of drug-likeness (QED) is 0.818. The number of nitrogens with two attached hydrogens (primary N) is 1. The zero-order valence-electron chi connectivity index (χ0n) is 10.9. The van der Waals surface area contributed by atoms with Gasteiger partial charge in [-0.25, -0.2) is 0 Å². The van der Waals surface area contributed by atoms with Crippen LogP contribution in [0.15, 0.2) is 30.3 Å². The first kappa shape index (κ1) is 12.2. The second-order valence-corrected chi connectivity index (χ2v) is 5.66. The van der Waals surface area contributed by atoms with Crippen molar-refractivity contribution in [3.63, 3.8) is 0 Å². The smallest absolute Gasteiger partial charge is 0.0180 e. The van der Waals surface area contributed by atoms with Crippen LogP contribution in [0.25, 0.3) is 0 Å². The molecule has 1 aliphatic heterocycles. The molecule has 0 spiro atoms. The van der Waals surface area contributed by atoms with E-state index in [1.165, 1.54) is 18.5 Å². The second-order valence-electron chi connectivity index (χ2n) is 5.66. The summed E-state index contributed by atoms with van der Waals surface area (Å²) in [7, 11) is 0. The van der Waals surface area contributed by atoms with Crippen LogP contribution >= 0.6 is 0 Å².